The normalized spacial score (nSPS) is 16.5. The predicted octanol–water partition coefficient (Wildman–Crippen LogP) is 2.63. The van der Waals surface area contributed by atoms with Crippen molar-refractivity contribution in [3.8, 4) is 0 Å². The Balaban J connectivity index is 1.87. The van der Waals surface area contributed by atoms with Crippen molar-refractivity contribution in [2.75, 3.05) is 45.9 Å². The SMILES string of the molecule is CCNC(=NCC(C(CC)CC)N1CCOCC1)NCCCCn1c(C)cccc1=O. The van der Waals surface area contributed by atoms with Gasteiger partial charge in [-0.25, -0.2) is 0 Å². The number of aliphatic imine (C=N–C) groups is 1. The van der Waals surface area contributed by atoms with Crippen LogP contribution in [0.3, 0.4) is 0 Å². The molecule has 176 valence electrons. The van der Waals surface area contributed by atoms with Crippen LogP contribution in [0.25, 0.3) is 0 Å². The van der Waals surface area contributed by atoms with Gasteiger partial charge >= 0.3 is 0 Å². The minimum absolute atomic E-state index is 0.0819. The van der Waals surface area contributed by atoms with E-state index in [1.807, 2.05) is 23.6 Å². The minimum atomic E-state index is 0.0819. The number of aryl methyl sites for hydroxylation is 1. The Hall–Kier alpha value is -1.86. The van der Waals surface area contributed by atoms with E-state index in [-0.39, 0.29) is 5.56 Å². The van der Waals surface area contributed by atoms with E-state index in [4.69, 9.17) is 9.73 Å². The molecule has 1 aliphatic rings. The quantitative estimate of drug-likeness (QED) is 0.301. The molecule has 7 heteroatoms. The van der Waals surface area contributed by atoms with Crippen LogP contribution < -0.4 is 16.2 Å². The third kappa shape index (κ3) is 8.30. The number of unbranched alkanes of at least 4 members (excludes halogenated alkanes) is 1. The van der Waals surface area contributed by atoms with E-state index in [2.05, 4.69) is 36.3 Å². The Morgan fingerprint density at radius 2 is 1.87 bits per heavy atom. The van der Waals surface area contributed by atoms with Crippen molar-refractivity contribution in [1.82, 2.24) is 20.1 Å². The van der Waals surface area contributed by atoms with Crippen LogP contribution in [0.15, 0.2) is 28.0 Å². The van der Waals surface area contributed by atoms with Crippen LogP contribution in [0.4, 0.5) is 0 Å². The van der Waals surface area contributed by atoms with Gasteiger partial charge in [0.15, 0.2) is 5.96 Å². The first-order chi connectivity index (χ1) is 15.1. The van der Waals surface area contributed by atoms with E-state index < -0.39 is 0 Å². The number of nitrogens with one attached hydrogen (secondary N) is 2. The van der Waals surface area contributed by atoms with Crippen LogP contribution in [0, 0.1) is 12.8 Å². The molecule has 1 saturated heterocycles. The van der Waals surface area contributed by atoms with Crippen molar-refractivity contribution in [3.63, 3.8) is 0 Å². The van der Waals surface area contributed by atoms with Crippen LogP contribution in [-0.2, 0) is 11.3 Å². The Bertz CT molecular complexity index is 708. The maximum Gasteiger partial charge on any atom is 0.250 e. The van der Waals surface area contributed by atoms with Gasteiger partial charge in [-0.15, -0.1) is 0 Å². The fourth-order valence-corrected chi connectivity index (χ4v) is 4.34. The van der Waals surface area contributed by atoms with Gasteiger partial charge in [-0.1, -0.05) is 32.8 Å². The van der Waals surface area contributed by atoms with Crippen molar-refractivity contribution in [2.45, 2.75) is 66.0 Å². The Labute approximate surface area is 188 Å². The molecular formula is C24H43N5O2. The summed E-state index contributed by atoms with van der Waals surface area (Å²) in [4.78, 5) is 19.5. The molecule has 31 heavy (non-hydrogen) atoms. The molecule has 1 aliphatic heterocycles. The topological polar surface area (TPSA) is 70.9 Å². The first-order valence-corrected chi connectivity index (χ1v) is 12.1. The Kier molecular flexibility index (Phi) is 11.7. The van der Waals surface area contributed by atoms with E-state index in [9.17, 15) is 4.79 Å². The minimum Gasteiger partial charge on any atom is -0.379 e. The fraction of sp³-hybridized carbons (Fsp3) is 0.750. The lowest BCUT2D eigenvalue weighted by atomic mass is 9.92. The number of hydrogen-bond acceptors (Lipinski definition) is 4. The molecular weight excluding hydrogens is 390 g/mol. The van der Waals surface area contributed by atoms with E-state index in [0.29, 0.717) is 12.0 Å². The van der Waals surface area contributed by atoms with Crippen molar-refractivity contribution >= 4 is 5.96 Å². The second-order valence-corrected chi connectivity index (χ2v) is 8.30. The van der Waals surface area contributed by atoms with E-state index in [0.717, 1.165) is 77.0 Å². The fourth-order valence-electron chi connectivity index (χ4n) is 4.34. The molecule has 0 aliphatic carbocycles. The summed E-state index contributed by atoms with van der Waals surface area (Å²) in [6.07, 6.45) is 4.30. The maximum absolute atomic E-state index is 12.0. The van der Waals surface area contributed by atoms with E-state index in [1.165, 1.54) is 12.8 Å². The number of hydrogen-bond donors (Lipinski definition) is 2. The zero-order chi connectivity index (χ0) is 22.5. The average molecular weight is 434 g/mol. The number of aromatic nitrogens is 1. The van der Waals surface area contributed by atoms with Gasteiger partial charge in [0.1, 0.15) is 0 Å². The van der Waals surface area contributed by atoms with Gasteiger partial charge in [-0.2, -0.15) is 0 Å². The molecule has 0 saturated carbocycles. The van der Waals surface area contributed by atoms with Gasteiger partial charge in [0.25, 0.3) is 5.56 Å². The summed E-state index contributed by atoms with van der Waals surface area (Å²) in [5.41, 5.74) is 1.10. The monoisotopic (exact) mass is 433 g/mol. The van der Waals surface area contributed by atoms with Crippen LogP contribution in [-0.4, -0.2) is 67.4 Å². The summed E-state index contributed by atoms with van der Waals surface area (Å²) in [5, 5.41) is 6.86. The third-order valence-corrected chi connectivity index (χ3v) is 6.26. The van der Waals surface area contributed by atoms with Crippen LogP contribution in [0.5, 0.6) is 0 Å². The highest BCUT2D eigenvalue weighted by atomic mass is 16.5. The second-order valence-electron chi connectivity index (χ2n) is 8.30. The lowest BCUT2D eigenvalue weighted by Gasteiger charge is -2.38. The lowest BCUT2D eigenvalue weighted by Crippen LogP contribution is -2.49. The predicted molar refractivity (Wildman–Crippen MR) is 129 cm³/mol. The standard InChI is InChI=1S/C24H43N5O2/c1-5-21(6-2)22(28-15-17-31-18-16-28)19-27-24(25-7-3)26-13-8-9-14-29-20(4)11-10-12-23(29)30/h10-12,21-22H,5-9,13-19H2,1-4H3,(H2,25,26,27). The molecule has 2 N–H and O–H groups in total. The van der Waals surface area contributed by atoms with Gasteiger partial charge in [-0.3, -0.25) is 14.7 Å². The number of rotatable bonds is 12. The number of ether oxygens (including phenoxy) is 1. The molecule has 0 aromatic carbocycles. The largest absolute Gasteiger partial charge is 0.379 e. The molecule has 2 rings (SSSR count). The van der Waals surface area contributed by atoms with Gasteiger partial charge in [0.05, 0.1) is 19.8 Å². The zero-order valence-electron chi connectivity index (χ0n) is 20.0. The van der Waals surface area contributed by atoms with Crippen molar-refractivity contribution < 1.29 is 4.74 Å². The Morgan fingerprint density at radius 3 is 2.52 bits per heavy atom. The van der Waals surface area contributed by atoms with Crippen LogP contribution in [0.2, 0.25) is 0 Å². The smallest absolute Gasteiger partial charge is 0.250 e. The first-order valence-electron chi connectivity index (χ1n) is 12.1. The summed E-state index contributed by atoms with van der Waals surface area (Å²) >= 11 is 0. The van der Waals surface area contributed by atoms with Crippen molar-refractivity contribution in [2.24, 2.45) is 10.9 Å². The summed E-state index contributed by atoms with van der Waals surface area (Å²) < 4.78 is 7.41. The molecule has 0 bridgehead atoms. The van der Waals surface area contributed by atoms with Crippen molar-refractivity contribution in [1.29, 1.82) is 0 Å². The third-order valence-electron chi connectivity index (χ3n) is 6.26. The van der Waals surface area contributed by atoms with E-state index >= 15 is 0 Å². The molecule has 1 aromatic rings. The Morgan fingerprint density at radius 1 is 1.13 bits per heavy atom. The second kappa shape index (κ2) is 14.2. The summed E-state index contributed by atoms with van der Waals surface area (Å²) in [6, 6.07) is 5.90. The van der Waals surface area contributed by atoms with Crippen molar-refractivity contribution in [3.05, 3.63) is 34.2 Å². The molecule has 0 spiro atoms. The van der Waals surface area contributed by atoms with Gasteiger partial charge in [0.2, 0.25) is 0 Å². The average Bonchev–Trinajstić information content (AvgIpc) is 2.78. The first kappa shape index (κ1) is 25.4. The summed E-state index contributed by atoms with van der Waals surface area (Å²) in [7, 11) is 0. The zero-order valence-corrected chi connectivity index (χ0v) is 20.0. The molecule has 2 heterocycles. The summed E-state index contributed by atoms with van der Waals surface area (Å²) in [5.74, 6) is 1.54. The highest BCUT2D eigenvalue weighted by molar-refractivity contribution is 5.79. The number of nitrogens with zero attached hydrogens (tertiary/aromatic N) is 3. The molecule has 7 nitrogen and oxygen atoms in total. The summed E-state index contributed by atoms with van der Waals surface area (Å²) in [6.45, 7) is 15.6. The van der Waals surface area contributed by atoms with Crippen LogP contribution in [0.1, 0.15) is 52.1 Å². The van der Waals surface area contributed by atoms with Gasteiger partial charge in [-0.05, 0) is 38.7 Å². The number of morpholine rings is 1. The highest BCUT2D eigenvalue weighted by Gasteiger charge is 2.26. The molecule has 0 amide bonds. The maximum atomic E-state index is 12.0. The number of pyridine rings is 1. The van der Waals surface area contributed by atoms with Crippen LogP contribution >= 0.6 is 0 Å². The molecule has 1 unspecified atom stereocenters. The lowest BCUT2D eigenvalue weighted by molar-refractivity contribution is 0.00395. The molecule has 1 fully saturated rings. The molecule has 0 radical (unpaired) electrons. The number of guanidine groups is 1. The molecule has 1 aromatic heterocycles. The molecule has 1 atom stereocenters. The van der Waals surface area contributed by atoms with E-state index in [1.54, 1.807) is 6.07 Å². The van der Waals surface area contributed by atoms with Gasteiger partial charge in [0, 0.05) is 50.5 Å². The van der Waals surface area contributed by atoms with Gasteiger partial charge < -0.3 is 19.9 Å². The highest BCUT2D eigenvalue weighted by Crippen LogP contribution is 2.20.